The first-order valence-electron chi connectivity index (χ1n) is 6.29. The number of benzene rings is 1. The molecule has 0 amide bonds. The third-order valence-electron chi connectivity index (χ3n) is 3.07. The van der Waals surface area contributed by atoms with Gasteiger partial charge in [-0.05, 0) is 43.0 Å². The zero-order valence-electron chi connectivity index (χ0n) is 11.2. The molecule has 0 bridgehead atoms. The van der Waals surface area contributed by atoms with Crippen LogP contribution in [0.25, 0.3) is 0 Å². The van der Waals surface area contributed by atoms with E-state index in [0.717, 1.165) is 24.3 Å². The molecule has 0 saturated heterocycles. The molecule has 1 heterocycles. The van der Waals surface area contributed by atoms with Crippen LogP contribution in [0.15, 0.2) is 35.7 Å². The zero-order chi connectivity index (χ0) is 13.8. The zero-order valence-corrected chi connectivity index (χ0v) is 12.9. The van der Waals surface area contributed by atoms with E-state index in [0.29, 0.717) is 4.99 Å². The average molecular weight is 290 g/mol. The molecule has 0 radical (unpaired) electrons. The molecule has 0 atom stereocenters. The fourth-order valence-corrected chi connectivity index (χ4v) is 2.96. The molecular weight excluding hydrogens is 272 g/mol. The highest BCUT2D eigenvalue weighted by atomic mass is 32.1. The van der Waals surface area contributed by atoms with Crippen LogP contribution in [0, 0.1) is 6.92 Å². The van der Waals surface area contributed by atoms with Gasteiger partial charge in [0.15, 0.2) is 0 Å². The minimum Gasteiger partial charge on any atom is -0.389 e. The second kappa shape index (κ2) is 6.17. The van der Waals surface area contributed by atoms with Crippen LogP contribution in [-0.4, -0.2) is 11.5 Å². The second-order valence-electron chi connectivity index (χ2n) is 4.48. The Kier molecular flexibility index (Phi) is 4.56. The maximum atomic E-state index is 5.84. The number of thiophene rings is 1. The van der Waals surface area contributed by atoms with Gasteiger partial charge in [-0.3, -0.25) is 0 Å². The summed E-state index contributed by atoms with van der Waals surface area (Å²) in [6.45, 7) is 6.06. The first-order valence-corrected chi connectivity index (χ1v) is 7.58. The van der Waals surface area contributed by atoms with Gasteiger partial charge in [0.1, 0.15) is 4.99 Å². The minimum atomic E-state index is 0.458. The van der Waals surface area contributed by atoms with Crippen LogP contribution < -0.4 is 10.6 Å². The standard InChI is InChI=1S/C15H18N2S2/c1-3-17(10-12-5-4-8-19-12)14-9-11(2)6-7-13(14)15(16)18/h4-9H,3,10H2,1-2H3,(H2,16,18). The SMILES string of the molecule is CCN(Cc1cccs1)c1cc(C)ccc1C(N)=S. The third kappa shape index (κ3) is 3.33. The summed E-state index contributed by atoms with van der Waals surface area (Å²) in [6, 6.07) is 10.5. The second-order valence-corrected chi connectivity index (χ2v) is 5.95. The van der Waals surface area contributed by atoms with E-state index in [4.69, 9.17) is 18.0 Å². The number of hydrogen-bond acceptors (Lipinski definition) is 3. The lowest BCUT2D eigenvalue weighted by atomic mass is 10.1. The van der Waals surface area contributed by atoms with Gasteiger partial charge in [-0.25, -0.2) is 0 Å². The van der Waals surface area contributed by atoms with Crippen LogP contribution in [0.5, 0.6) is 0 Å². The summed E-state index contributed by atoms with van der Waals surface area (Å²) in [5, 5.41) is 2.11. The molecule has 2 N–H and O–H groups in total. The van der Waals surface area contributed by atoms with Gasteiger partial charge < -0.3 is 10.6 Å². The molecule has 0 aliphatic carbocycles. The highest BCUT2D eigenvalue weighted by Crippen LogP contribution is 2.25. The fraction of sp³-hybridized carbons (Fsp3) is 0.267. The van der Waals surface area contributed by atoms with Crippen molar-refractivity contribution in [3.8, 4) is 0 Å². The number of hydrogen-bond donors (Lipinski definition) is 1. The van der Waals surface area contributed by atoms with Crippen LogP contribution in [-0.2, 0) is 6.54 Å². The van der Waals surface area contributed by atoms with Crippen molar-refractivity contribution >= 4 is 34.2 Å². The predicted molar refractivity (Wildman–Crippen MR) is 88.1 cm³/mol. The van der Waals surface area contributed by atoms with Crippen molar-refractivity contribution < 1.29 is 0 Å². The van der Waals surface area contributed by atoms with Crippen LogP contribution >= 0.6 is 23.6 Å². The smallest absolute Gasteiger partial charge is 0.106 e. The van der Waals surface area contributed by atoms with Crippen LogP contribution in [0.1, 0.15) is 22.9 Å². The highest BCUT2D eigenvalue weighted by Gasteiger charge is 2.12. The first kappa shape index (κ1) is 14.0. The number of rotatable bonds is 5. The van der Waals surface area contributed by atoms with Gasteiger partial charge in [-0.15, -0.1) is 11.3 Å². The molecule has 100 valence electrons. The minimum absolute atomic E-state index is 0.458. The molecule has 2 aromatic rings. The third-order valence-corrected chi connectivity index (χ3v) is 4.15. The van der Waals surface area contributed by atoms with Gasteiger partial charge in [0.25, 0.3) is 0 Å². The topological polar surface area (TPSA) is 29.3 Å². The monoisotopic (exact) mass is 290 g/mol. The summed E-state index contributed by atoms with van der Waals surface area (Å²) in [4.78, 5) is 4.12. The lowest BCUT2D eigenvalue weighted by Gasteiger charge is -2.25. The number of aryl methyl sites for hydroxylation is 1. The van der Waals surface area contributed by atoms with Gasteiger partial charge in [0.05, 0.1) is 6.54 Å². The summed E-state index contributed by atoms with van der Waals surface area (Å²) in [6.07, 6.45) is 0. The number of anilines is 1. The van der Waals surface area contributed by atoms with E-state index in [1.165, 1.54) is 10.4 Å². The normalized spacial score (nSPS) is 10.4. The predicted octanol–water partition coefficient (Wildman–Crippen LogP) is 3.72. The molecule has 0 unspecified atom stereocenters. The molecule has 1 aromatic carbocycles. The summed E-state index contributed by atoms with van der Waals surface area (Å²) in [5.41, 5.74) is 9.15. The van der Waals surface area contributed by atoms with Gasteiger partial charge in [0, 0.05) is 22.7 Å². The van der Waals surface area contributed by atoms with E-state index < -0.39 is 0 Å². The van der Waals surface area contributed by atoms with E-state index in [1.807, 2.05) is 6.07 Å². The quantitative estimate of drug-likeness (QED) is 0.851. The summed E-state index contributed by atoms with van der Waals surface area (Å²) < 4.78 is 0. The maximum absolute atomic E-state index is 5.84. The van der Waals surface area contributed by atoms with E-state index in [9.17, 15) is 0 Å². The molecule has 0 fully saturated rings. The van der Waals surface area contributed by atoms with E-state index in [1.54, 1.807) is 11.3 Å². The van der Waals surface area contributed by atoms with Gasteiger partial charge in [0.2, 0.25) is 0 Å². The molecule has 2 nitrogen and oxygen atoms in total. The maximum Gasteiger partial charge on any atom is 0.106 e. The Morgan fingerprint density at radius 1 is 1.37 bits per heavy atom. The molecule has 19 heavy (non-hydrogen) atoms. The van der Waals surface area contributed by atoms with Crippen molar-refractivity contribution in [1.82, 2.24) is 0 Å². The highest BCUT2D eigenvalue weighted by molar-refractivity contribution is 7.80. The molecule has 4 heteroatoms. The molecule has 1 aromatic heterocycles. The van der Waals surface area contributed by atoms with E-state index in [2.05, 4.69) is 48.4 Å². The molecule has 0 aliphatic heterocycles. The van der Waals surface area contributed by atoms with E-state index >= 15 is 0 Å². The van der Waals surface area contributed by atoms with Gasteiger partial charge in [-0.1, -0.05) is 24.4 Å². The molecule has 0 spiro atoms. The summed E-state index contributed by atoms with van der Waals surface area (Å²) >= 11 is 6.94. The molecule has 0 saturated carbocycles. The van der Waals surface area contributed by atoms with Crippen molar-refractivity contribution in [3.63, 3.8) is 0 Å². The Bertz CT molecular complexity index is 562. The molecule has 2 rings (SSSR count). The molecule has 0 aliphatic rings. The average Bonchev–Trinajstić information content (AvgIpc) is 2.88. The van der Waals surface area contributed by atoms with Crippen molar-refractivity contribution in [2.24, 2.45) is 5.73 Å². The number of nitrogens with two attached hydrogens (primary N) is 1. The van der Waals surface area contributed by atoms with Crippen molar-refractivity contribution in [2.45, 2.75) is 20.4 Å². The number of thiocarbonyl (C=S) groups is 1. The van der Waals surface area contributed by atoms with Gasteiger partial charge in [-0.2, -0.15) is 0 Å². The van der Waals surface area contributed by atoms with Crippen LogP contribution in [0.2, 0.25) is 0 Å². The Morgan fingerprint density at radius 3 is 2.74 bits per heavy atom. The Hall–Kier alpha value is -1.39. The Labute approximate surface area is 123 Å². The summed E-state index contributed by atoms with van der Waals surface area (Å²) in [5.74, 6) is 0. The van der Waals surface area contributed by atoms with Crippen LogP contribution in [0.4, 0.5) is 5.69 Å². The largest absolute Gasteiger partial charge is 0.389 e. The van der Waals surface area contributed by atoms with Crippen molar-refractivity contribution in [3.05, 3.63) is 51.7 Å². The number of nitrogens with zero attached hydrogens (tertiary/aromatic N) is 1. The van der Waals surface area contributed by atoms with Crippen molar-refractivity contribution in [2.75, 3.05) is 11.4 Å². The fourth-order valence-electron chi connectivity index (χ4n) is 2.07. The summed E-state index contributed by atoms with van der Waals surface area (Å²) in [7, 11) is 0. The van der Waals surface area contributed by atoms with Gasteiger partial charge >= 0.3 is 0 Å². The lowest BCUT2D eigenvalue weighted by molar-refractivity contribution is 0.841. The Morgan fingerprint density at radius 2 is 2.16 bits per heavy atom. The lowest BCUT2D eigenvalue weighted by Crippen LogP contribution is -2.25. The Balaban J connectivity index is 2.36. The van der Waals surface area contributed by atoms with Crippen molar-refractivity contribution in [1.29, 1.82) is 0 Å². The molecular formula is C15H18N2S2. The van der Waals surface area contributed by atoms with Crippen LogP contribution in [0.3, 0.4) is 0 Å². The van der Waals surface area contributed by atoms with E-state index in [-0.39, 0.29) is 0 Å². The first-order chi connectivity index (χ1) is 9.11.